The standard InChI is InChI=1S/C19H15F4N3OS2/c1-10-5-13(20)12(7-15(10)28-9-19(21,22)23)6-14(27)16-17(24)26-18(29-16)11-3-2-4-25-8-11/h2-5,7-8H,6,9,24H2,1H3. The Hall–Kier alpha value is -2.46. The fraction of sp³-hybridized carbons (Fsp3) is 0.211. The molecular formula is C19H15F4N3OS2. The van der Waals surface area contributed by atoms with Gasteiger partial charge in [-0.2, -0.15) is 13.2 Å². The van der Waals surface area contributed by atoms with E-state index in [2.05, 4.69) is 9.97 Å². The van der Waals surface area contributed by atoms with Gasteiger partial charge in [-0.15, -0.1) is 23.1 Å². The first-order valence-electron chi connectivity index (χ1n) is 8.32. The highest BCUT2D eigenvalue weighted by Gasteiger charge is 2.28. The molecule has 3 aromatic rings. The normalized spacial score (nSPS) is 11.6. The zero-order valence-electron chi connectivity index (χ0n) is 15.1. The van der Waals surface area contributed by atoms with Crippen molar-refractivity contribution in [3.8, 4) is 10.6 Å². The lowest BCUT2D eigenvalue weighted by atomic mass is 10.1. The molecule has 3 rings (SSSR count). The first kappa shape index (κ1) is 21.3. The van der Waals surface area contributed by atoms with E-state index in [0.29, 0.717) is 27.9 Å². The second kappa shape index (κ2) is 8.50. The van der Waals surface area contributed by atoms with Crippen molar-refractivity contribution in [2.45, 2.75) is 24.4 Å². The van der Waals surface area contributed by atoms with Crippen molar-refractivity contribution in [2.75, 3.05) is 11.5 Å². The van der Waals surface area contributed by atoms with Gasteiger partial charge in [0.05, 0.1) is 5.75 Å². The number of carbonyl (C=O) groups is 1. The van der Waals surface area contributed by atoms with E-state index in [1.54, 1.807) is 24.5 Å². The summed E-state index contributed by atoms with van der Waals surface area (Å²) in [5, 5.41) is 0.504. The van der Waals surface area contributed by atoms with Crippen molar-refractivity contribution in [1.29, 1.82) is 0 Å². The summed E-state index contributed by atoms with van der Waals surface area (Å²) < 4.78 is 51.8. The zero-order valence-corrected chi connectivity index (χ0v) is 16.7. The predicted octanol–water partition coefficient (Wildman–Crippen LogP) is 5.31. The Bertz CT molecular complexity index is 1040. The summed E-state index contributed by atoms with van der Waals surface area (Å²) in [7, 11) is 0. The van der Waals surface area contributed by atoms with Gasteiger partial charge in [-0.25, -0.2) is 9.37 Å². The van der Waals surface area contributed by atoms with Gasteiger partial charge in [0, 0.05) is 29.3 Å². The number of hydrogen-bond acceptors (Lipinski definition) is 6. The van der Waals surface area contributed by atoms with Crippen molar-refractivity contribution >= 4 is 34.7 Å². The van der Waals surface area contributed by atoms with Gasteiger partial charge in [0.25, 0.3) is 0 Å². The molecule has 2 heterocycles. The van der Waals surface area contributed by atoms with E-state index in [1.165, 1.54) is 13.0 Å². The Kier molecular flexibility index (Phi) is 6.23. The SMILES string of the molecule is Cc1cc(F)c(CC(=O)c2sc(-c3cccnc3)nc2N)cc1SCC(F)(F)F. The first-order chi connectivity index (χ1) is 13.6. The van der Waals surface area contributed by atoms with Crippen molar-refractivity contribution in [3.63, 3.8) is 0 Å². The second-order valence-corrected chi connectivity index (χ2v) is 8.20. The fourth-order valence-electron chi connectivity index (χ4n) is 2.54. The number of anilines is 1. The number of pyridine rings is 1. The molecule has 152 valence electrons. The lowest BCUT2D eigenvalue weighted by molar-refractivity contribution is -0.105. The number of Topliss-reactive ketones (excluding diaryl/α,β-unsaturated/α-hetero) is 1. The summed E-state index contributed by atoms with van der Waals surface area (Å²) in [5.41, 5.74) is 6.94. The molecule has 29 heavy (non-hydrogen) atoms. The molecule has 0 amide bonds. The summed E-state index contributed by atoms with van der Waals surface area (Å²) >= 11 is 1.62. The first-order valence-corrected chi connectivity index (χ1v) is 10.1. The van der Waals surface area contributed by atoms with Gasteiger partial charge >= 0.3 is 6.18 Å². The van der Waals surface area contributed by atoms with Crippen LogP contribution in [0.3, 0.4) is 0 Å². The minimum absolute atomic E-state index is 0.0148. The predicted molar refractivity (Wildman–Crippen MR) is 106 cm³/mol. The van der Waals surface area contributed by atoms with Gasteiger partial charge in [-0.1, -0.05) is 0 Å². The molecule has 0 spiro atoms. The Morgan fingerprint density at radius 1 is 1.31 bits per heavy atom. The molecule has 0 aliphatic rings. The number of benzene rings is 1. The number of rotatable bonds is 6. The topological polar surface area (TPSA) is 68.9 Å². The monoisotopic (exact) mass is 441 g/mol. The Morgan fingerprint density at radius 3 is 2.72 bits per heavy atom. The lowest BCUT2D eigenvalue weighted by Gasteiger charge is -2.11. The molecule has 0 radical (unpaired) electrons. The van der Waals surface area contributed by atoms with Crippen molar-refractivity contribution < 1.29 is 22.4 Å². The van der Waals surface area contributed by atoms with E-state index in [0.717, 1.165) is 17.4 Å². The minimum Gasteiger partial charge on any atom is -0.382 e. The van der Waals surface area contributed by atoms with Crippen LogP contribution in [-0.4, -0.2) is 27.7 Å². The van der Waals surface area contributed by atoms with Crippen LogP contribution in [0.15, 0.2) is 41.6 Å². The molecule has 2 aromatic heterocycles. The average Bonchev–Trinajstić information content (AvgIpc) is 3.05. The Balaban J connectivity index is 1.83. The summed E-state index contributed by atoms with van der Waals surface area (Å²) in [5.74, 6) is -2.17. The van der Waals surface area contributed by atoms with Gasteiger partial charge in [0.1, 0.15) is 21.5 Å². The smallest absolute Gasteiger partial charge is 0.382 e. The van der Waals surface area contributed by atoms with Crippen LogP contribution in [0.4, 0.5) is 23.4 Å². The molecule has 2 N–H and O–H groups in total. The second-order valence-electron chi connectivity index (χ2n) is 6.19. The maximum Gasteiger partial charge on any atom is 0.398 e. The molecule has 4 nitrogen and oxygen atoms in total. The number of carbonyl (C=O) groups excluding carboxylic acids is 1. The van der Waals surface area contributed by atoms with E-state index < -0.39 is 23.5 Å². The number of nitrogens with two attached hydrogens (primary N) is 1. The summed E-state index contributed by atoms with van der Waals surface area (Å²) in [6.07, 6.45) is -1.50. The number of nitrogens with zero attached hydrogens (tertiary/aromatic N) is 2. The largest absolute Gasteiger partial charge is 0.398 e. The van der Waals surface area contributed by atoms with Gasteiger partial charge in [-0.05, 0) is 42.3 Å². The molecular weight excluding hydrogens is 426 g/mol. The van der Waals surface area contributed by atoms with Crippen LogP contribution in [0.1, 0.15) is 20.8 Å². The van der Waals surface area contributed by atoms with Crippen LogP contribution in [0.25, 0.3) is 10.6 Å². The zero-order chi connectivity index (χ0) is 21.2. The highest BCUT2D eigenvalue weighted by molar-refractivity contribution is 7.99. The van der Waals surface area contributed by atoms with Crippen LogP contribution in [0.2, 0.25) is 0 Å². The maximum absolute atomic E-state index is 14.3. The molecule has 10 heteroatoms. The van der Waals surface area contributed by atoms with Gasteiger partial charge < -0.3 is 5.73 Å². The molecule has 0 bridgehead atoms. The molecule has 0 saturated heterocycles. The van der Waals surface area contributed by atoms with Crippen LogP contribution in [0, 0.1) is 12.7 Å². The number of aryl methyl sites for hydroxylation is 1. The molecule has 0 atom stereocenters. The molecule has 0 unspecified atom stereocenters. The van der Waals surface area contributed by atoms with Crippen LogP contribution in [0.5, 0.6) is 0 Å². The quantitative estimate of drug-likeness (QED) is 0.319. The highest BCUT2D eigenvalue weighted by atomic mass is 32.2. The molecule has 0 saturated carbocycles. The maximum atomic E-state index is 14.3. The Morgan fingerprint density at radius 2 is 2.07 bits per heavy atom. The summed E-state index contributed by atoms with van der Waals surface area (Å²) in [6.45, 7) is 1.52. The van der Waals surface area contributed by atoms with Gasteiger partial charge in [-0.3, -0.25) is 9.78 Å². The number of aromatic nitrogens is 2. The Labute approximate surface area is 172 Å². The van der Waals surface area contributed by atoms with E-state index in [-0.39, 0.29) is 27.6 Å². The lowest BCUT2D eigenvalue weighted by Crippen LogP contribution is -2.11. The summed E-state index contributed by atoms with van der Waals surface area (Å²) in [6, 6.07) is 5.91. The number of thiazole rings is 1. The van der Waals surface area contributed by atoms with Crippen molar-refractivity contribution in [2.24, 2.45) is 0 Å². The van der Waals surface area contributed by atoms with E-state index in [1.807, 2.05) is 0 Å². The third kappa shape index (κ3) is 5.33. The molecule has 1 aromatic carbocycles. The highest BCUT2D eigenvalue weighted by Crippen LogP contribution is 2.33. The van der Waals surface area contributed by atoms with E-state index in [4.69, 9.17) is 5.73 Å². The fourth-order valence-corrected chi connectivity index (χ4v) is 4.29. The number of alkyl halides is 3. The van der Waals surface area contributed by atoms with Gasteiger partial charge in [0.15, 0.2) is 5.78 Å². The minimum atomic E-state index is -4.35. The average molecular weight is 441 g/mol. The number of thioether (sulfide) groups is 1. The van der Waals surface area contributed by atoms with E-state index >= 15 is 0 Å². The third-order valence-corrected chi connectivity index (χ3v) is 6.29. The van der Waals surface area contributed by atoms with Crippen molar-refractivity contribution in [1.82, 2.24) is 9.97 Å². The molecule has 0 aliphatic carbocycles. The van der Waals surface area contributed by atoms with Gasteiger partial charge in [0.2, 0.25) is 0 Å². The van der Waals surface area contributed by atoms with Crippen molar-refractivity contribution in [3.05, 3.63) is 58.5 Å². The van der Waals surface area contributed by atoms with Crippen LogP contribution >= 0.6 is 23.1 Å². The summed E-state index contributed by atoms with van der Waals surface area (Å²) in [4.78, 5) is 21.3. The molecule has 0 aliphatic heterocycles. The van der Waals surface area contributed by atoms with Crippen LogP contribution < -0.4 is 5.73 Å². The van der Waals surface area contributed by atoms with Crippen LogP contribution in [-0.2, 0) is 6.42 Å². The molecule has 0 fully saturated rings. The number of hydrogen-bond donors (Lipinski definition) is 1. The number of ketones is 1. The van der Waals surface area contributed by atoms with E-state index in [9.17, 15) is 22.4 Å². The number of halogens is 4. The number of nitrogen functional groups attached to an aromatic ring is 1. The third-order valence-electron chi connectivity index (χ3n) is 3.90.